The van der Waals surface area contributed by atoms with Gasteiger partial charge in [0.05, 0.1) is 6.10 Å². The minimum Gasteiger partial charge on any atom is -0.508 e. The molecule has 0 spiro atoms. The number of hydrogen-bond donors (Lipinski definition) is 1. The smallest absolute Gasteiger partial charge is 0.508 e. The number of ether oxygens (including phenoxy) is 1. The van der Waals surface area contributed by atoms with Crippen molar-refractivity contribution in [2.75, 3.05) is 0 Å². The lowest BCUT2D eigenvalue weighted by Crippen LogP contribution is -2.33. The average Bonchev–Trinajstić information content (AvgIpc) is 2.17. The molecule has 0 saturated heterocycles. The molecular formula is C10H13BO4. The molecular weight excluding hydrogens is 195 g/mol. The molecule has 0 radical (unpaired) electrons. The molecule has 0 aliphatic rings. The monoisotopic (exact) mass is 208 g/mol. The summed E-state index contributed by atoms with van der Waals surface area (Å²) in [5, 5.41) is 9.37. The highest BCUT2D eigenvalue weighted by molar-refractivity contribution is 6.61. The van der Waals surface area contributed by atoms with E-state index in [1.807, 2.05) is 13.8 Å². The average molecular weight is 208 g/mol. The zero-order valence-corrected chi connectivity index (χ0v) is 8.71. The van der Waals surface area contributed by atoms with Gasteiger partial charge in [-0.25, -0.2) is 0 Å². The van der Waals surface area contributed by atoms with Crippen molar-refractivity contribution in [1.29, 1.82) is 0 Å². The summed E-state index contributed by atoms with van der Waals surface area (Å²) < 4.78 is 9.84. The molecule has 4 nitrogen and oxygen atoms in total. The fraction of sp³-hybridized carbons (Fsp3) is 0.300. The maximum atomic E-state index is 10.0. The van der Waals surface area contributed by atoms with Crippen LogP contribution in [0, 0.1) is 0 Å². The van der Waals surface area contributed by atoms with Crippen LogP contribution in [-0.4, -0.2) is 24.7 Å². The third-order valence-corrected chi connectivity index (χ3v) is 1.70. The molecule has 1 aromatic rings. The fourth-order valence-corrected chi connectivity index (χ4v) is 1.14. The minimum absolute atomic E-state index is 0.0596. The van der Waals surface area contributed by atoms with Crippen LogP contribution < -0.4 is 10.2 Å². The van der Waals surface area contributed by atoms with Crippen LogP contribution in [-0.2, 0) is 9.45 Å². The Hall–Kier alpha value is -1.49. The Bertz CT molecular complexity index is 327. The number of carbonyl (C=O) groups excluding carboxylic acids is 1. The summed E-state index contributed by atoms with van der Waals surface area (Å²) in [5.74, 6) is 0.635. The quantitative estimate of drug-likeness (QED) is 0.559. The molecule has 0 unspecified atom stereocenters. The molecule has 0 amide bonds. The fourth-order valence-electron chi connectivity index (χ4n) is 1.14. The third kappa shape index (κ3) is 3.63. The topological polar surface area (TPSA) is 55.8 Å². The SMILES string of the molecule is CC(C)Oc1cccc(B(O)OC=O)c1. The first-order chi connectivity index (χ1) is 7.13. The Labute approximate surface area is 89.0 Å². The second-order valence-corrected chi connectivity index (χ2v) is 3.32. The predicted octanol–water partition coefficient (Wildman–Crippen LogP) is 0.334. The van der Waals surface area contributed by atoms with E-state index in [0.29, 0.717) is 11.2 Å². The molecule has 0 atom stereocenters. The van der Waals surface area contributed by atoms with Gasteiger partial charge in [0.2, 0.25) is 0 Å². The summed E-state index contributed by atoms with van der Waals surface area (Å²) in [5.41, 5.74) is 0.486. The molecule has 0 aliphatic carbocycles. The van der Waals surface area contributed by atoms with E-state index in [1.165, 1.54) is 0 Å². The Morgan fingerprint density at radius 1 is 1.47 bits per heavy atom. The number of rotatable bonds is 5. The van der Waals surface area contributed by atoms with Crippen LogP contribution in [0.5, 0.6) is 5.75 Å². The molecule has 1 rings (SSSR count). The third-order valence-electron chi connectivity index (χ3n) is 1.70. The van der Waals surface area contributed by atoms with E-state index in [0.717, 1.165) is 0 Å². The molecule has 80 valence electrons. The molecule has 15 heavy (non-hydrogen) atoms. The van der Waals surface area contributed by atoms with Crippen molar-refractivity contribution in [3.8, 4) is 5.75 Å². The van der Waals surface area contributed by atoms with Gasteiger partial charge in [-0.2, -0.15) is 0 Å². The highest BCUT2D eigenvalue weighted by Crippen LogP contribution is 2.09. The van der Waals surface area contributed by atoms with Crippen molar-refractivity contribution >= 4 is 19.1 Å². The number of benzene rings is 1. The normalized spacial score (nSPS) is 9.87. The number of carbonyl (C=O) groups is 1. The largest absolute Gasteiger partial charge is 0.561 e. The summed E-state index contributed by atoms with van der Waals surface area (Å²) in [4.78, 5) is 10.0. The molecule has 0 aromatic heterocycles. The van der Waals surface area contributed by atoms with Crippen LogP contribution in [0.25, 0.3) is 0 Å². The maximum Gasteiger partial charge on any atom is 0.561 e. The standard InChI is InChI=1S/C10H13BO4/c1-8(2)15-10-5-3-4-9(6-10)11(13)14-7-12/h3-8,13H,1-2H3. The molecule has 5 heteroatoms. The lowest BCUT2D eigenvalue weighted by atomic mass is 9.80. The summed E-state index contributed by atoms with van der Waals surface area (Å²) in [7, 11) is -1.24. The van der Waals surface area contributed by atoms with Crippen molar-refractivity contribution < 1.29 is 19.2 Å². The second-order valence-electron chi connectivity index (χ2n) is 3.32. The van der Waals surface area contributed by atoms with Crippen LogP contribution in [0.1, 0.15) is 13.8 Å². The minimum atomic E-state index is -1.24. The zero-order valence-electron chi connectivity index (χ0n) is 8.71. The van der Waals surface area contributed by atoms with Gasteiger partial charge in [-0.1, -0.05) is 12.1 Å². The van der Waals surface area contributed by atoms with E-state index in [-0.39, 0.29) is 12.6 Å². The van der Waals surface area contributed by atoms with E-state index in [9.17, 15) is 9.82 Å². The first-order valence-electron chi connectivity index (χ1n) is 4.67. The van der Waals surface area contributed by atoms with Crippen LogP contribution in [0.2, 0.25) is 0 Å². The van der Waals surface area contributed by atoms with Crippen molar-refractivity contribution in [3.63, 3.8) is 0 Å². The predicted molar refractivity (Wildman–Crippen MR) is 57.0 cm³/mol. The van der Waals surface area contributed by atoms with Gasteiger partial charge in [0.15, 0.2) is 0 Å². The van der Waals surface area contributed by atoms with Crippen LogP contribution in [0.4, 0.5) is 0 Å². The van der Waals surface area contributed by atoms with Gasteiger partial charge in [-0.3, -0.25) is 4.79 Å². The van der Waals surface area contributed by atoms with E-state index in [4.69, 9.17) is 4.74 Å². The Morgan fingerprint density at radius 3 is 2.80 bits per heavy atom. The lowest BCUT2D eigenvalue weighted by Gasteiger charge is -2.11. The molecule has 1 aromatic carbocycles. The summed E-state index contributed by atoms with van der Waals surface area (Å²) in [6.07, 6.45) is 0.0596. The first-order valence-corrected chi connectivity index (χ1v) is 4.67. The summed E-state index contributed by atoms with van der Waals surface area (Å²) in [6, 6.07) is 6.79. The molecule has 0 saturated carbocycles. The van der Waals surface area contributed by atoms with Gasteiger partial charge in [0.25, 0.3) is 6.47 Å². The highest BCUT2D eigenvalue weighted by atomic mass is 16.5. The van der Waals surface area contributed by atoms with Crippen molar-refractivity contribution in [2.45, 2.75) is 20.0 Å². The van der Waals surface area contributed by atoms with E-state index in [2.05, 4.69) is 4.65 Å². The molecule has 0 aliphatic heterocycles. The van der Waals surface area contributed by atoms with Crippen LogP contribution >= 0.6 is 0 Å². The van der Waals surface area contributed by atoms with E-state index in [1.54, 1.807) is 24.3 Å². The summed E-state index contributed by atoms with van der Waals surface area (Å²) >= 11 is 0. The molecule has 1 N–H and O–H groups in total. The van der Waals surface area contributed by atoms with E-state index < -0.39 is 7.12 Å². The molecule has 0 heterocycles. The van der Waals surface area contributed by atoms with Crippen molar-refractivity contribution in [3.05, 3.63) is 24.3 Å². The van der Waals surface area contributed by atoms with Gasteiger partial charge < -0.3 is 14.4 Å². The first kappa shape index (κ1) is 11.6. The summed E-state index contributed by atoms with van der Waals surface area (Å²) in [6.45, 7) is 4.02. The maximum absolute atomic E-state index is 10.0. The molecule has 0 bridgehead atoms. The van der Waals surface area contributed by atoms with Gasteiger partial charge in [0.1, 0.15) is 5.75 Å². The van der Waals surface area contributed by atoms with Crippen LogP contribution in [0.3, 0.4) is 0 Å². The van der Waals surface area contributed by atoms with Gasteiger partial charge in [-0.05, 0) is 26.0 Å². The second kappa shape index (κ2) is 5.41. The van der Waals surface area contributed by atoms with Gasteiger partial charge in [0, 0.05) is 5.46 Å². The Kier molecular flexibility index (Phi) is 4.18. The molecule has 0 fully saturated rings. The number of hydrogen-bond acceptors (Lipinski definition) is 4. The van der Waals surface area contributed by atoms with Crippen molar-refractivity contribution in [2.24, 2.45) is 0 Å². The van der Waals surface area contributed by atoms with Gasteiger partial charge in [-0.15, -0.1) is 0 Å². The van der Waals surface area contributed by atoms with Gasteiger partial charge >= 0.3 is 7.12 Å². The van der Waals surface area contributed by atoms with Crippen molar-refractivity contribution in [1.82, 2.24) is 0 Å². The lowest BCUT2D eigenvalue weighted by molar-refractivity contribution is -0.121. The Balaban J connectivity index is 2.77. The highest BCUT2D eigenvalue weighted by Gasteiger charge is 2.17. The zero-order chi connectivity index (χ0) is 11.3. The van der Waals surface area contributed by atoms with Crippen LogP contribution in [0.15, 0.2) is 24.3 Å². The van der Waals surface area contributed by atoms with E-state index >= 15 is 0 Å². The Morgan fingerprint density at radius 2 is 2.20 bits per heavy atom.